The summed E-state index contributed by atoms with van der Waals surface area (Å²) < 4.78 is 0.997. The molecule has 1 heterocycles. The SMILES string of the molecule is CCN(CC)C(=S)NC(=O)c1sc2ccccc2c1Cl. The highest BCUT2D eigenvalue weighted by atomic mass is 35.5. The fourth-order valence-corrected chi connectivity index (χ4v) is 3.67. The molecule has 0 aliphatic carbocycles. The summed E-state index contributed by atoms with van der Waals surface area (Å²) >= 11 is 12.9. The Balaban J connectivity index is 2.24. The second-order valence-corrected chi connectivity index (χ2v) is 5.99. The molecular formula is C14H15ClN2OS2. The van der Waals surface area contributed by atoms with Crippen molar-refractivity contribution in [2.75, 3.05) is 13.1 Å². The van der Waals surface area contributed by atoms with Gasteiger partial charge in [-0.1, -0.05) is 29.8 Å². The molecule has 106 valence electrons. The number of hydrogen-bond acceptors (Lipinski definition) is 3. The van der Waals surface area contributed by atoms with Crippen LogP contribution in [-0.4, -0.2) is 29.0 Å². The number of thiocarbonyl (C=S) groups is 1. The summed E-state index contributed by atoms with van der Waals surface area (Å²) in [6, 6.07) is 7.69. The van der Waals surface area contributed by atoms with Crippen LogP contribution in [0.3, 0.4) is 0 Å². The molecule has 1 N–H and O–H groups in total. The number of hydrogen-bond donors (Lipinski definition) is 1. The van der Waals surface area contributed by atoms with Gasteiger partial charge >= 0.3 is 0 Å². The smallest absolute Gasteiger partial charge is 0.269 e. The Hall–Kier alpha value is -1.17. The van der Waals surface area contributed by atoms with E-state index in [2.05, 4.69) is 5.32 Å². The molecule has 1 amide bonds. The maximum absolute atomic E-state index is 12.3. The van der Waals surface area contributed by atoms with Crippen molar-refractivity contribution in [2.24, 2.45) is 0 Å². The molecule has 0 saturated heterocycles. The highest BCUT2D eigenvalue weighted by Gasteiger charge is 2.18. The lowest BCUT2D eigenvalue weighted by Crippen LogP contribution is -2.42. The number of nitrogens with zero attached hydrogens (tertiary/aromatic N) is 1. The molecule has 0 atom stereocenters. The summed E-state index contributed by atoms with van der Waals surface area (Å²) in [7, 11) is 0. The number of carbonyl (C=O) groups excluding carboxylic acids is 1. The Morgan fingerprint density at radius 3 is 2.60 bits per heavy atom. The molecule has 0 aliphatic heterocycles. The largest absolute Gasteiger partial charge is 0.350 e. The lowest BCUT2D eigenvalue weighted by Gasteiger charge is -2.21. The molecular weight excluding hydrogens is 312 g/mol. The summed E-state index contributed by atoms with van der Waals surface area (Å²) in [6.45, 7) is 5.51. The number of nitrogens with one attached hydrogen (secondary N) is 1. The molecule has 0 aliphatic rings. The molecule has 0 unspecified atom stereocenters. The average molecular weight is 327 g/mol. The van der Waals surface area contributed by atoms with Gasteiger partial charge in [-0.05, 0) is 32.1 Å². The first kappa shape index (κ1) is 15.2. The standard InChI is InChI=1S/C14H15ClN2OS2/c1-3-17(4-2)14(19)16-13(18)12-11(15)9-7-5-6-8-10(9)20-12/h5-8H,3-4H2,1-2H3,(H,16,18,19). The van der Waals surface area contributed by atoms with Crippen LogP contribution in [0.1, 0.15) is 23.5 Å². The normalized spacial score (nSPS) is 10.6. The summed E-state index contributed by atoms with van der Waals surface area (Å²) in [5.41, 5.74) is 0. The van der Waals surface area contributed by atoms with E-state index in [9.17, 15) is 4.79 Å². The van der Waals surface area contributed by atoms with E-state index in [1.165, 1.54) is 11.3 Å². The van der Waals surface area contributed by atoms with Gasteiger partial charge in [0.05, 0.1) is 5.02 Å². The Morgan fingerprint density at radius 2 is 2.00 bits per heavy atom. The lowest BCUT2D eigenvalue weighted by molar-refractivity contribution is 0.0977. The van der Waals surface area contributed by atoms with Gasteiger partial charge in [-0.15, -0.1) is 11.3 Å². The molecule has 2 aromatic rings. The van der Waals surface area contributed by atoms with Crippen molar-refractivity contribution >= 4 is 56.3 Å². The minimum absolute atomic E-state index is 0.242. The molecule has 20 heavy (non-hydrogen) atoms. The van der Waals surface area contributed by atoms with Crippen molar-refractivity contribution < 1.29 is 4.79 Å². The zero-order valence-electron chi connectivity index (χ0n) is 11.3. The van der Waals surface area contributed by atoms with E-state index in [-0.39, 0.29) is 5.91 Å². The van der Waals surface area contributed by atoms with E-state index in [1.807, 2.05) is 43.0 Å². The number of halogens is 1. The number of carbonyl (C=O) groups is 1. The number of thiophene rings is 1. The molecule has 0 saturated carbocycles. The lowest BCUT2D eigenvalue weighted by atomic mass is 10.2. The molecule has 3 nitrogen and oxygen atoms in total. The molecule has 0 spiro atoms. The maximum Gasteiger partial charge on any atom is 0.269 e. The van der Waals surface area contributed by atoms with E-state index in [4.69, 9.17) is 23.8 Å². The van der Waals surface area contributed by atoms with Gasteiger partial charge in [0.15, 0.2) is 5.11 Å². The summed E-state index contributed by atoms with van der Waals surface area (Å²) in [6.07, 6.45) is 0. The Labute approximate surface area is 132 Å². The van der Waals surface area contributed by atoms with E-state index >= 15 is 0 Å². The van der Waals surface area contributed by atoms with Gasteiger partial charge in [0.25, 0.3) is 5.91 Å². The third-order valence-corrected chi connectivity index (χ3v) is 5.05. The van der Waals surface area contributed by atoms with Crippen molar-refractivity contribution in [3.63, 3.8) is 0 Å². The third kappa shape index (κ3) is 2.95. The first-order chi connectivity index (χ1) is 9.58. The Kier molecular flexibility index (Phi) is 4.96. The zero-order chi connectivity index (χ0) is 14.7. The highest BCUT2D eigenvalue weighted by Crippen LogP contribution is 2.34. The van der Waals surface area contributed by atoms with Crippen LogP contribution in [0.25, 0.3) is 10.1 Å². The van der Waals surface area contributed by atoms with Crippen molar-refractivity contribution in [1.29, 1.82) is 0 Å². The van der Waals surface area contributed by atoms with Crippen LogP contribution in [-0.2, 0) is 0 Å². The van der Waals surface area contributed by atoms with E-state index in [1.54, 1.807) is 0 Å². The fourth-order valence-electron chi connectivity index (χ4n) is 1.90. The summed E-state index contributed by atoms with van der Waals surface area (Å²) in [5, 5.41) is 4.57. The first-order valence-corrected chi connectivity index (χ1v) is 7.96. The van der Waals surface area contributed by atoms with Crippen molar-refractivity contribution in [1.82, 2.24) is 10.2 Å². The van der Waals surface area contributed by atoms with E-state index < -0.39 is 0 Å². The molecule has 0 fully saturated rings. The second kappa shape index (κ2) is 6.52. The molecule has 0 bridgehead atoms. The van der Waals surface area contributed by atoms with Crippen molar-refractivity contribution in [3.8, 4) is 0 Å². The van der Waals surface area contributed by atoms with Crippen LogP contribution in [0, 0.1) is 0 Å². The van der Waals surface area contributed by atoms with Gasteiger partial charge < -0.3 is 4.90 Å². The fraction of sp³-hybridized carbons (Fsp3) is 0.286. The molecule has 0 radical (unpaired) electrons. The number of rotatable bonds is 3. The van der Waals surface area contributed by atoms with Gasteiger partial charge in [0.2, 0.25) is 0 Å². The minimum Gasteiger partial charge on any atom is -0.350 e. The molecule has 2 rings (SSSR count). The van der Waals surface area contributed by atoms with Crippen LogP contribution in [0.15, 0.2) is 24.3 Å². The van der Waals surface area contributed by atoms with Crippen molar-refractivity contribution in [3.05, 3.63) is 34.2 Å². The summed E-state index contributed by atoms with van der Waals surface area (Å²) in [5.74, 6) is -0.242. The monoisotopic (exact) mass is 326 g/mol. The quantitative estimate of drug-likeness (QED) is 0.868. The second-order valence-electron chi connectivity index (χ2n) is 4.17. The van der Waals surface area contributed by atoms with Crippen LogP contribution in [0.5, 0.6) is 0 Å². The topological polar surface area (TPSA) is 32.3 Å². The third-order valence-electron chi connectivity index (χ3n) is 3.01. The highest BCUT2D eigenvalue weighted by molar-refractivity contribution is 7.80. The van der Waals surface area contributed by atoms with Gasteiger partial charge in [-0.2, -0.15) is 0 Å². The Morgan fingerprint density at radius 1 is 1.35 bits per heavy atom. The van der Waals surface area contributed by atoms with Gasteiger partial charge in [0.1, 0.15) is 4.88 Å². The molecule has 1 aromatic carbocycles. The number of benzene rings is 1. The maximum atomic E-state index is 12.3. The predicted molar refractivity (Wildman–Crippen MR) is 89.8 cm³/mol. The van der Waals surface area contributed by atoms with E-state index in [0.29, 0.717) is 15.0 Å². The molecule has 1 aromatic heterocycles. The average Bonchev–Trinajstić information content (AvgIpc) is 2.78. The van der Waals surface area contributed by atoms with Crippen molar-refractivity contribution in [2.45, 2.75) is 13.8 Å². The number of amides is 1. The van der Waals surface area contributed by atoms with Crippen LogP contribution in [0.4, 0.5) is 0 Å². The van der Waals surface area contributed by atoms with Crippen LogP contribution >= 0.6 is 35.2 Å². The Bertz CT molecular complexity index is 650. The minimum atomic E-state index is -0.242. The first-order valence-electron chi connectivity index (χ1n) is 6.35. The molecule has 6 heteroatoms. The number of fused-ring (bicyclic) bond motifs is 1. The van der Waals surface area contributed by atoms with Crippen LogP contribution < -0.4 is 5.32 Å². The zero-order valence-corrected chi connectivity index (χ0v) is 13.7. The van der Waals surface area contributed by atoms with Gasteiger partial charge in [-0.3, -0.25) is 10.1 Å². The summed E-state index contributed by atoms with van der Waals surface area (Å²) in [4.78, 5) is 14.7. The van der Waals surface area contributed by atoms with E-state index in [0.717, 1.165) is 23.2 Å². The van der Waals surface area contributed by atoms with Gasteiger partial charge in [0, 0.05) is 23.2 Å². The van der Waals surface area contributed by atoms with Gasteiger partial charge in [-0.25, -0.2) is 0 Å². The van der Waals surface area contributed by atoms with Crippen LogP contribution in [0.2, 0.25) is 5.02 Å². The predicted octanol–water partition coefficient (Wildman–Crippen LogP) is 3.91.